The van der Waals surface area contributed by atoms with E-state index in [4.69, 9.17) is 4.74 Å². The predicted octanol–water partition coefficient (Wildman–Crippen LogP) is 4.46. The van der Waals surface area contributed by atoms with Crippen LogP contribution >= 0.6 is 0 Å². The van der Waals surface area contributed by atoms with Crippen LogP contribution in [0.25, 0.3) is 0 Å². The third-order valence-electron chi connectivity index (χ3n) is 3.77. The largest absolute Gasteiger partial charge is 0.497 e. The van der Waals surface area contributed by atoms with E-state index in [1.165, 1.54) is 11.1 Å². The fourth-order valence-electron chi connectivity index (χ4n) is 2.63. The molecule has 25 heavy (non-hydrogen) atoms. The molecule has 1 heterocycles. The Hall–Kier alpha value is -3.08. The van der Waals surface area contributed by atoms with E-state index < -0.39 is 0 Å². The second-order valence-electron chi connectivity index (χ2n) is 5.97. The average Bonchev–Trinajstić information content (AvgIpc) is 2.60. The summed E-state index contributed by atoms with van der Waals surface area (Å²) in [6.07, 6.45) is 1.74. The normalized spacial score (nSPS) is 10.4. The molecule has 0 fully saturated rings. The number of methoxy groups -OCH3 is 1. The van der Waals surface area contributed by atoms with Crippen molar-refractivity contribution in [3.05, 3.63) is 71.4 Å². The highest BCUT2D eigenvalue weighted by atomic mass is 16.5. The quantitative estimate of drug-likeness (QED) is 0.697. The second-order valence-corrected chi connectivity index (χ2v) is 5.97. The van der Waals surface area contributed by atoms with Crippen LogP contribution in [-0.4, -0.2) is 17.1 Å². The maximum Gasteiger partial charge on any atom is 0.229 e. The van der Waals surface area contributed by atoms with Gasteiger partial charge in [-0.2, -0.15) is 4.98 Å². The third-order valence-corrected chi connectivity index (χ3v) is 3.77. The van der Waals surface area contributed by atoms with Gasteiger partial charge in [0.2, 0.25) is 5.95 Å². The summed E-state index contributed by atoms with van der Waals surface area (Å²) in [7, 11) is 1.67. The Bertz CT molecular complexity index is 826. The highest BCUT2D eigenvalue weighted by molar-refractivity contribution is 5.57. The molecule has 0 bridgehead atoms. The van der Waals surface area contributed by atoms with Crippen LogP contribution in [0.15, 0.2) is 54.7 Å². The van der Waals surface area contributed by atoms with Gasteiger partial charge in [-0.3, -0.25) is 0 Å². The van der Waals surface area contributed by atoms with Gasteiger partial charge in [-0.15, -0.1) is 0 Å². The van der Waals surface area contributed by atoms with Gasteiger partial charge in [0, 0.05) is 18.4 Å². The van der Waals surface area contributed by atoms with Crippen LogP contribution in [0.1, 0.15) is 16.7 Å². The van der Waals surface area contributed by atoms with Crippen LogP contribution in [0, 0.1) is 13.8 Å². The summed E-state index contributed by atoms with van der Waals surface area (Å²) in [5, 5.41) is 6.58. The van der Waals surface area contributed by atoms with E-state index in [0.29, 0.717) is 12.5 Å². The van der Waals surface area contributed by atoms with Crippen molar-refractivity contribution in [2.45, 2.75) is 20.4 Å². The first-order valence-electron chi connectivity index (χ1n) is 8.17. The van der Waals surface area contributed by atoms with Crippen LogP contribution in [-0.2, 0) is 6.54 Å². The van der Waals surface area contributed by atoms with Crippen LogP contribution in [0.4, 0.5) is 17.5 Å². The Morgan fingerprint density at radius 2 is 1.68 bits per heavy atom. The molecule has 0 amide bonds. The summed E-state index contributed by atoms with van der Waals surface area (Å²) < 4.78 is 5.17. The average molecular weight is 334 g/mol. The predicted molar refractivity (Wildman–Crippen MR) is 102 cm³/mol. The lowest BCUT2D eigenvalue weighted by atomic mass is 10.1. The van der Waals surface area contributed by atoms with Crippen molar-refractivity contribution < 1.29 is 4.74 Å². The van der Waals surface area contributed by atoms with Crippen molar-refractivity contribution >= 4 is 17.5 Å². The molecule has 0 spiro atoms. The second kappa shape index (κ2) is 7.66. The van der Waals surface area contributed by atoms with Crippen molar-refractivity contribution in [2.75, 3.05) is 17.7 Å². The number of nitrogens with one attached hydrogen (secondary N) is 2. The smallest absolute Gasteiger partial charge is 0.229 e. The molecule has 0 saturated heterocycles. The van der Waals surface area contributed by atoms with E-state index >= 15 is 0 Å². The van der Waals surface area contributed by atoms with Crippen molar-refractivity contribution in [3.63, 3.8) is 0 Å². The lowest BCUT2D eigenvalue weighted by molar-refractivity contribution is 0.414. The minimum Gasteiger partial charge on any atom is -0.497 e. The highest BCUT2D eigenvalue weighted by Crippen LogP contribution is 2.18. The van der Waals surface area contributed by atoms with E-state index in [9.17, 15) is 0 Å². The summed E-state index contributed by atoms with van der Waals surface area (Å²) in [6, 6.07) is 16.1. The number of rotatable bonds is 6. The lowest BCUT2D eigenvalue weighted by Gasteiger charge is -2.10. The van der Waals surface area contributed by atoms with Gasteiger partial charge in [-0.25, -0.2) is 4.98 Å². The molecule has 0 radical (unpaired) electrons. The summed E-state index contributed by atoms with van der Waals surface area (Å²) in [6.45, 7) is 4.84. The van der Waals surface area contributed by atoms with E-state index in [1.807, 2.05) is 30.3 Å². The van der Waals surface area contributed by atoms with E-state index in [1.54, 1.807) is 13.3 Å². The number of hydrogen-bond acceptors (Lipinski definition) is 5. The van der Waals surface area contributed by atoms with Crippen molar-refractivity contribution in [1.29, 1.82) is 0 Å². The Morgan fingerprint density at radius 3 is 2.36 bits per heavy atom. The zero-order valence-electron chi connectivity index (χ0n) is 14.7. The fraction of sp³-hybridized carbons (Fsp3) is 0.200. The molecular weight excluding hydrogens is 312 g/mol. The monoisotopic (exact) mass is 334 g/mol. The maximum atomic E-state index is 5.17. The Labute approximate surface area is 148 Å². The molecular formula is C20H22N4O. The van der Waals surface area contributed by atoms with Gasteiger partial charge in [0.1, 0.15) is 11.6 Å². The number of benzene rings is 2. The molecule has 0 aliphatic rings. The molecule has 2 N–H and O–H groups in total. The minimum atomic E-state index is 0.574. The van der Waals surface area contributed by atoms with Gasteiger partial charge in [0.25, 0.3) is 0 Å². The molecule has 128 valence electrons. The Morgan fingerprint density at radius 1 is 0.960 bits per heavy atom. The molecule has 5 nitrogen and oxygen atoms in total. The minimum absolute atomic E-state index is 0.574. The van der Waals surface area contributed by atoms with Crippen LogP contribution < -0.4 is 15.4 Å². The van der Waals surface area contributed by atoms with Gasteiger partial charge in [-0.05, 0) is 60.9 Å². The van der Waals surface area contributed by atoms with Crippen molar-refractivity contribution in [1.82, 2.24) is 9.97 Å². The molecule has 3 rings (SSSR count). The van der Waals surface area contributed by atoms with Crippen molar-refractivity contribution in [3.8, 4) is 5.75 Å². The number of anilines is 3. The summed E-state index contributed by atoms with van der Waals surface area (Å²) in [5.74, 6) is 2.20. The molecule has 0 aliphatic heterocycles. The number of ether oxygens (including phenoxy) is 1. The SMILES string of the molecule is COc1ccc(CNc2ccnc(Nc3cc(C)cc(C)c3)n2)cc1. The summed E-state index contributed by atoms with van der Waals surface area (Å²) >= 11 is 0. The molecule has 0 saturated carbocycles. The van der Waals surface area contributed by atoms with Crippen molar-refractivity contribution in [2.24, 2.45) is 0 Å². The number of aromatic nitrogens is 2. The zero-order chi connectivity index (χ0) is 17.6. The van der Waals surface area contributed by atoms with E-state index in [-0.39, 0.29) is 0 Å². The molecule has 2 aromatic carbocycles. The van der Waals surface area contributed by atoms with Crippen LogP contribution in [0.5, 0.6) is 5.75 Å². The Kier molecular flexibility index (Phi) is 5.14. The summed E-state index contributed by atoms with van der Waals surface area (Å²) in [4.78, 5) is 8.81. The molecule has 0 unspecified atom stereocenters. The molecule has 0 aliphatic carbocycles. The highest BCUT2D eigenvalue weighted by Gasteiger charge is 2.02. The third kappa shape index (κ3) is 4.70. The first-order valence-corrected chi connectivity index (χ1v) is 8.17. The molecule has 1 aromatic heterocycles. The molecule has 5 heteroatoms. The number of nitrogens with zero attached hydrogens (tertiary/aromatic N) is 2. The van der Waals surface area contributed by atoms with Crippen LogP contribution in [0.3, 0.4) is 0 Å². The van der Waals surface area contributed by atoms with Gasteiger partial charge >= 0.3 is 0 Å². The van der Waals surface area contributed by atoms with Gasteiger partial charge in [0.15, 0.2) is 0 Å². The topological polar surface area (TPSA) is 59.1 Å². The maximum absolute atomic E-state index is 5.17. The van der Waals surface area contributed by atoms with Gasteiger partial charge in [-0.1, -0.05) is 18.2 Å². The standard InChI is InChI=1S/C20H22N4O/c1-14-10-15(2)12-17(11-14)23-20-21-9-8-19(24-20)22-13-16-4-6-18(25-3)7-5-16/h4-12H,13H2,1-3H3,(H2,21,22,23,24). The van der Waals surface area contributed by atoms with Gasteiger partial charge < -0.3 is 15.4 Å². The first-order chi connectivity index (χ1) is 12.1. The molecule has 3 aromatic rings. The zero-order valence-corrected chi connectivity index (χ0v) is 14.7. The summed E-state index contributed by atoms with van der Waals surface area (Å²) in [5.41, 5.74) is 4.56. The lowest BCUT2D eigenvalue weighted by Crippen LogP contribution is -2.04. The fourth-order valence-corrected chi connectivity index (χ4v) is 2.63. The first kappa shape index (κ1) is 16.8. The van der Waals surface area contributed by atoms with E-state index in [2.05, 4.69) is 52.6 Å². The van der Waals surface area contributed by atoms with Crippen LogP contribution in [0.2, 0.25) is 0 Å². The molecule has 0 atom stereocenters. The van der Waals surface area contributed by atoms with E-state index in [0.717, 1.165) is 22.8 Å². The Balaban J connectivity index is 1.66. The number of aryl methyl sites for hydroxylation is 2. The number of hydrogen-bond donors (Lipinski definition) is 2. The van der Waals surface area contributed by atoms with Gasteiger partial charge in [0.05, 0.1) is 7.11 Å².